The van der Waals surface area contributed by atoms with Crippen molar-refractivity contribution in [1.29, 1.82) is 0 Å². The van der Waals surface area contributed by atoms with Crippen LogP contribution in [-0.2, 0) is 4.79 Å². The van der Waals surface area contributed by atoms with E-state index in [1.165, 1.54) is 6.42 Å². The highest BCUT2D eigenvalue weighted by Crippen LogP contribution is 2.27. The lowest BCUT2D eigenvalue weighted by Crippen LogP contribution is -2.43. The molecule has 0 radical (unpaired) electrons. The van der Waals surface area contributed by atoms with Crippen molar-refractivity contribution in [3.63, 3.8) is 0 Å². The molecule has 2 fully saturated rings. The fourth-order valence-corrected chi connectivity index (χ4v) is 3.26. The van der Waals surface area contributed by atoms with Gasteiger partial charge in [-0.15, -0.1) is 0 Å². The Morgan fingerprint density at radius 1 is 1.28 bits per heavy atom. The van der Waals surface area contributed by atoms with Crippen molar-refractivity contribution in [3.05, 3.63) is 0 Å². The molecule has 4 heteroatoms. The summed E-state index contributed by atoms with van der Waals surface area (Å²) in [6.07, 6.45) is 6.00. The van der Waals surface area contributed by atoms with Crippen molar-refractivity contribution in [2.75, 3.05) is 13.1 Å². The lowest BCUT2D eigenvalue weighted by molar-refractivity contribution is -0.135. The Kier molecular flexibility index (Phi) is 4.62. The number of carbonyl (C=O) groups excluding carboxylic acids is 1. The number of likely N-dealkylation sites (tertiary alicyclic amines) is 1. The average molecular weight is 254 g/mol. The maximum atomic E-state index is 12.5. The van der Waals surface area contributed by atoms with Crippen molar-refractivity contribution >= 4 is 5.91 Å². The lowest BCUT2D eigenvalue weighted by atomic mass is 9.94. The number of hydrogen-bond acceptors (Lipinski definition) is 3. The average Bonchev–Trinajstić information content (AvgIpc) is 2.73. The Labute approximate surface area is 110 Å². The molecule has 3 N–H and O–H groups in total. The quantitative estimate of drug-likeness (QED) is 0.726. The topological polar surface area (TPSA) is 66.6 Å². The van der Waals surface area contributed by atoms with Crippen LogP contribution in [0.15, 0.2) is 0 Å². The second-order valence-corrected chi connectivity index (χ2v) is 5.98. The molecule has 0 spiro atoms. The third kappa shape index (κ3) is 3.04. The molecule has 4 nitrogen and oxygen atoms in total. The van der Waals surface area contributed by atoms with Crippen LogP contribution in [-0.4, -0.2) is 41.1 Å². The first-order chi connectivity index (χ1) is 8.59. The van der Waals surface area contributed by atoms with E-state index in [0.29, 0.717) is 6.54 Å². The summed E-state index contributed by atoms with van der Waals surface area (Å²) in [7, 11) is 0. The van der Waals surface area contributed by atoms with Gasteiger partial charge in [-0.3, -0.25) is 4.79 Å². The standard InChI is InChI=1S/C14H26N2O2/c1-10(17)11-7-8-16(9-11)14(18)12-5-3-2-4-6-13(12)15/h10-13,17H,2-9,15H2,1H3. The number of aliphatic hydroxyl groups is 1. The number of nitrogens with zero attached hydrogens (tertiary/aromatic N) is 1. The monoisotopic (exact) mass is 254 g/mol. The van der Waals surface area contributed by atoms with Gasteiger partial charge in [0.1, 0.15) is 0 Å². The molecule has 1 aliphatic heterocycles. The Bertz CT molecular complexity index is 294. The summed E-state index contributed by atoms with van der Waals surface area (Å²) in [6, 6.07) is 0.0330. The van der Waals surface area contributed by atoms with Crippen LogP contribution in [0.3, 0.4) is 0 Å². The minimum atomic E-state index is -0.314. The van der Waals surface area contributed by atoms with Crippen molar-refractivity contribution < 1.29 is 9.90 Å². The van der Waals surface area contributed by atoms with Crippen LogP contribution in [0.5, 0.6) is 0 Å². The summed E-state index contributed by atoms with van der Waals surface area (Å²) in [4.78, 5) is 14.4. The third-order valence-corrected chi connectivity index (χ3v) is 4.61. The van der Waals surface area contributed by atoms with Crippen LogP contribution in [0.1, 0.15) is 45.4 Å². The van der Waals surface area contributed by atoms with E-state index in [4.69, 9.17) is 5.73 Å². The van der Waals surface area contributed by atoms with E-state index < -0.39 is 0 Å². The summed E-state index contributed by atoms with van der Waals surface area (Å²) in [5.74, 6) is 0.490. The van der Waals surface area contributed by atoms with Crippen LogP contribution in [0.4, 0.5) is 0 Å². The Morgan fingerprint density at radius 3 is 2.67 bits per heavy atom. The minimum Gasteiger partial charge on any atom is -0.393 e. The van der Waals surface area contributed by atoms with Crippen molar-refractivity contribution in [3.8, 4) is 0 Å². The molecule has 1 aliphatic carbocycles. The van der Waals surface area contributed by atoms with Gasteiger partial charge in [0, 0.05) is 25.0 Å². The largest absolute Gasteiger partial charge is 0.393 e. The van der Waals surface area contributed by atoms with Crippen molar-refractivity contribution in [1.82, 2.24) is 4.90 Å². The number of aliphatic hydroxyl groups excluding tert-OH is 1. The highest BCUT2D eigenvalue weighted by atomic mass is 16.3. The number of nitrogens with two attached hydrogens (primary N) is 1. The minimum absolute atomic E-state index is 0.0141. The smallest absolute Gasteiger partial charge is 0.227 e. The lowest BCUT2D eigenvalue weighted by Gasteiger charge is -2.26. The summed E-state index contributed by atoms with van der Waals surface area (Å²) < 4.78 is 0. The third-order valence-electron chi connectivity index (χ3n) is 4.61. The molecule has 2 rings (SSSR count). The van der Waals surface area contributed by atoms with Gasteiger partial charge in [0.15, 0.2) is 0 Å². The summed E-state index contributed by atoms with van der Waals surface area (Å²) >= 11 is 0. The van der Waals surface area contributed by atoms with E-state index in [1.807, 2.05) is 11.8 Å². The first-order valence-electron chi connectivity index (χ1n) is 7.32. The molecule has 4 unspecified atom stereocenters. The first kappa shape index (κ1) is 13.8. The van der Waals surface area contributed by atoms with Gasteiger partial charge >= 0.3 is 0 Å². The van der Waals surface area contributed by atoms with E-state index in [0.717, 1.165) is 38.6 Å². The van der Waals surface area contributed by atoms with E-state index >= 15 is 0 Å². The Morgan fingerprint density at radius 2 is 2.00 bits per heavy atom. The summed E-state index contributed by atoms with van der Waals surface area (Å²) in [5.41, 5.74) is 6.15. The van der Waals surface area contributed by atoms with Crippen LogP contribution < -0.4 is 5.73 Å². The second kappa shape index (κ2) is 6.02. The van der Waals surface area contributed by atoms with Crippen molar-refractivity contribution in [2.45, 2.75) is 57.6 Å². The molecule has 1 saturated carbocycles. The maximum Gasteiger partial charge on any atom is 0.227 e. The molecule has 18 heavy (non-hydrogen) atoms. The van der Waals surface area contributed by atoms with Gasteiger partial charge in [-0.25, -0.2) is 0 Å². The molecule has 1 saturated heterocycles. The van der Waals surface area contributed by atoms with Crippen LogP contribution >= 0.6 is 0 Å². The van der Waals surface area contributed by atoms with Crippen molar-refractivity contribution in [2.24, 2.45) is 17.6 Å². The highest BCUT2D eigenvalue weighted by Gasteiger charge is 2.35. The molecule has 0 aromatic carbocycles. The molecule has 0 aromatic rings. The van der Waals surface area contributed by atoms with Gasteiger partial charge in [-0.2, -0.15) is 0 Å². The fourth-order valence-electron chi connectivity index (χ4n) is 3.26. The zero-order valence-electron chi connectivity index (χ0n) is 11.3. The van der Waals surface area contributed by atoms with Gasteiger partial charge in [0.25, 0.3) is 0 Å². The summed E-state index contributed by atoms with van der Waals surface area (Å²) in [5, 5.41) is 9.60. The number of hydrogen-bond donors (Lipinski definition) is 2. The SMILES string of the molecule is CC(O)C1CCN(C(=O)C2CCCCCC2N)C1. The van der Waals surface area contributed by atoms with E-state index in [-0.39, 0.29) is 29.9 Å². The van der Waals surface area contributed by atoms with Gasteiger partial charge in [0.05, 0.1) is 12.0 Å². The highest BCUT2D eigenvalue weighted by molar-refractivity contribution is 5.79. The Balaban J connectivity index is 1.94. The predicted molar refractivity (Wildman–Crippen MR) is 70.9 cm³/mol. The van der Waals surface area contributed by atoms with Gasteiger partial charge in [-0.05, 0) is 26.2 Å². The number of amides is 1. The number of carbonyl (C=O) groups is 1. The van der Waals surface area contributed by atoms with Gasteiger partial charge in [-0.1, -0.05) is 19.3 Å². The predicted octanol–water partition coefficient (Wildman–Crippen LogP) is 1.12. The molecular formula is C14H26N2O2. The molecular weight excluding hydrogens is 228 g/mol. The zero-order chi connectivity index (χ0) is 13.1. The molecule has 1 amide bonds. The van der Waals surface area contributed by atoms with Gasteiger partial charge in [0.2, 0.25) is 5.91 Å². The normalized spacial score (nSPS) is 35.3. The van der Waals surface area contributed by atoms with Crippen LogP contribution in [0, 0.1) is 11.8 Å². The first-order valence-corrected chi connectivity index (χ1v) is 7.32. The maximum absolute atomic E-state index is 12.5. The summed E-state index contributed by atoms with van der Waals surface area (Å²) in [6.45, 7) is 3.31. The fraction of sp³-hybridized carbons (Fsp3) is 0.929. The van der Waals surface area contributed by atoms with Crippen LogP contribution in [0.25, 0.3) is 0 Å². The zero-order valence-corrected chi connectivity index (χ0v) is 11.3. The molecule has 104 valence electrons. The molecule has 4 atom stereocenters. The number of rotatable bonds is 2. The van der Waals surface area contributed by atoms with E-state index in [1.54, 1.807) is 0 Å². The molecule has 1 heterocycles. The van der Waals surface area contributed by atoms with E-state index in [9.17, 15) is 9.90 Å². The Hall–Kier alpha value is -0.610. The molecule has 2 aliphatic rings. The molecule has 0 bridgehead atoms. The van der Waals surface area contributed by atoms with Crippen LogP contribution in [0.2, 0.25) is 0 Å². The second-order valence-electron chi connectivity index (χ2n) is 5.98. The van der Waals surface area contributed by atoms with Gasteiger partial charge < -0.3 is 15.7 Å². The van der Waals surface area contributed by atoms with E-state index in [2.05, 4.69) is 0 Å². The molecule has 0 aromatic heterocycles.